The smallest absolute Gasteiger partial charge is 0.239 e. The van der Waals surface area contributed by atoms with Crippen LogP contribution in [0.2, 0.25) is 0 Å². The highest BCUT2D eigenvalue weighted by atomic mass is 16.1. The molecule has 1 amide bonds. The number of carbonyl (C=O) groups is 1. The van der Waals surface area contributed by atoms with Crippen molar-refractivity contribution in [1.29, 1.82) is 0 Å². The molecule has 0 saturated heterocycles. The van der Waals surface area contributed by atoms with Gasteiger partial charge in [0.2, 0.25) is 5.91 Å². The van der Waals surface area contributed by atoms with Crippen LogP contribution in [0.15, 0.2) is 48.9 Å². The molecule has 0 aliphatic heterocycles. The zero-order valence-corrected chi connectivity index (χ0v) is 9.84. The Morgan fingerprint density at radius 3 is 2.72 bits per heavy atom. The first-order chi connectivity index (χ1) is 8.84. The SMILES string of the molecule is O=C(CNc1ccccc1)NCc1ccncn1. The van der Waals surface area contributed by atoms with Gasteiger partial charge in [0.05, 0.1) is 18.8 Å². The van der Waals surface area contributed by atoms with Crippen LogP contribution in [0.5, 0.6) is 0 Å². The summed E-state index contributed by atoms with van der Waals surface area (Å²) in [4.78, 5) is 19.4. The summed E-state index contributed by atoms with van der Waals surface area (Å²) >= 11 is 0. The van der Waals surface area contributed by atoms with Crippen LogP contribution in [0.3, 0.4) is 0 Å². The quantitative estimate of drug-likeness (QED) is 0.827. The number of aromatic nitrogens is 2. The molecule has 2 rings (SSSR count). The Morgan fingerprint density at radius 1 is 1.17 bits per heavy atom. The third kappa shape index (κ3) is 3.86. The maximum absolute atomic E-state index is 11.6. The molecule has 2 aromatic rings. The number of hydrogen-bond donors (Lipinski definition) is 2. The number of rotatable bonds is 5. The van der Waals surface area contributed by atoms with Crippen molar-refractivity contribution in [2.24, 2.45) is 0 Å². The van der Waals surface area contributed by atoms with Gasteiger partial charge >= 0.3 is 0 Å². The fourth-order valence-corrected chi connectivity index (χ4v) is 1.41. The lowest BCUT2D eigenvalue weighted by Gasteiger charge is -2.07. The summed E-state index contributed by atoms with van der Waals surface area (Å²) in [6.07, 6.45) is 3.11. The maximum Gasteiger partial charge on any atom is 0.239 e. The number of para-hydroxylation sites is 1. The highest BCUT2D eigenvalue weighted by molar-refractivity contribution is 5.80. The Morgan fingerprint density at radius 2 is 2.00 bits per heavy atom. The molecule has 5 nitrogen and oxygen atoms in total. The molecule has 5 heteroatoms. The van der Waals surface area contributed by atoms with Crippen molar-refractivity contribution in [3.8, 4) is 0 Å². The van der Waals surface area contributed by atoms with E-state index in [1.54, 1.807) is 12.3 Å². The van der Waals surface area contributed by atoms with Gasteiger partial charge < -0.3 is 10.6 Å². The van der Waals surface area contributed by atoms with E-state index >= 15 is 0 Å². The van der Waals surface area contributed by atoms with Crippen LogP contribution in [-0.4, -0.2) is 22.4 Å². The lowest BCUT2D eigenvalue weighted by atomic mass is 10.3. The monoisotopic (exact) mass is 242 g/mol. The molecule has 0 aliphatic carbocycles. The number of hydrogen-bond acceptors (Lipinski definition) is 4. The lowest BCUT2D eigenvalue weighted by molar-refractivity contribution is -0.119. The molecule has 0 atom stereocenters. The summed E-state index contributed by atoms with van der Waals surface area (Å²) in [5, 5.41) is 5.81. The summed E-state index contributed by atoms with van der Waals surface area (Å²) in [6.45, 7) is 0.660. The van der Waals surface area contributed by atoms with Crippen molar-refractivity contribution in [1.82, 2.24) is 15.3 Å². The van der Waals surface area contributed by atoms with Crippen LogP contribution in [0, 0.1) is 0 Å². The third-order valence-electron chi connectivity index (χ3n) is 2.34. The van der Waals surface area contributed by atoms with Crippen LogP contribution in [-0.2, 0) is 11.3 Å². The van der Waals surface area contributed by atoms with E-state index in [0.29, 0.717) is 6.54 Å². The third-order valence-corrected chi connectivity index (χ3v) is 2.34. The van der Waals surface area contributed by atoms with Crippen LogP contribution in [0.1, 0.15) is 5.69 Å². The van der Waals surface area contributed by atoms with Crippen molar-refractivity contribution in [3.63, 3.8) is 0 Å². The van der Waals surface area contributed by atoms with Crippen molar-refractivity contribution in [2.45, 2.75) is 6.54 Å². The molecule has 2 N–H and O–H groups in total. The molecule has 0 spiro atoms. The van der Waals surface area contributed by atoms with Crippen molar-refractivity contribution < 1.29 is 4.79 Å². The van der Waals surface area contributed by atoms with Gasteiger partial charge in [-0.1, -0.05) is 18.2 Å². The number of amides is 1. The van der Waals surface area contributed by atoms with E-state index in [1.807, 2.05) is 30.3 Å². The zero-order valence-electron chi connectivity index (χ0n) is 9.84. The summed E-state index contributed by atoms with van der Waals surface area (Å²) < 4.78 is 0. The first-order valence-corrected chi connectivity index (χ1v) is 5.65. The van der Waals surface area contributed by atoms with Crippen LogP contribution >= 0.6 is 0 Å². The Balaban J connectivity index is 1.73. The van der Waals surface area contributed by atoms with Gasteiger partial charge in [-0.25, -0.2) is 9.97 Å². The molecule has 0 radical (unpaired) electrons. The van der Waals surface area contributed by atoms with Gasteiger partial charge in [-0.2, -0.15) is 0 Å². The minimum atomic E-state index is -0.0718. The summed E-state index contributed by atoms with van der Waals surface area (Å²) in [5.74, 6) is -0.0718. The average molecular weight is 242 g/mol. The first-order valence-electron chi connectivity index (χ1n) is 5.65. The Kier molecular flexibility index (Phi) is 4.24. The molecule has 18 heavy (non-hydrogen) atoms. The van der Waals surface area contributed by atoms with Gasteiger partial charge in [-0.15, -0.1) is 0 Å². The van der Waals surface area contributed by atoms with E-state index in [1.165, 1.54) is 6.33 Å². The second kappa shape index (κ2) is 6.34. The topological polar surface area (TPSA) is 66.9 Å². The van der Waals surface area contributed by atoms with Crippen LogP contribution in [0.25, 0.3) is 0 Å². The Labute approximate surface area is 105 Å². The average Bonchev–Trinajstić information content (AvgIpc) is 2.45. The standard InChI is InChI=1S/C13H14N4O/c18-13(9-15-11-4-2-1-3-5-11)16-8-12-6-7-14-10-17-12/h1-7,10,15H,8-9H2,(H,16,18). The van der Waals surface area contributed by atoms with E-state index in [4.69, 9.17) is 0 Å². The predicted molar refractivity (Wildman–Crippen MR) is 68.8 cm³/mol. The second-order valence-electron chi connectivity index (χ2n) is 3.70. The number of nitrogens with zero attached hydrogens (tertiary/aromatic N) is 2. The van der Waals surface area contributed by atoms with E-state index in [0.717, 1.165) is 11.4 Å². The minimum absolute atomic E-state index is 0.0718. The van der Waals surface area contributed by atoms with Gasteiger partial charge in [0.25, 0.3) is 0 Å². The molecule has 0 bridgehead atoms. The van der Waals surface area contributed by atoms with Gasteiger partial charge in [-0.05, 0) is 18.2 Å². The van der Waals surface area contributed by atoms with Crippen LogP contribution < -0.4 is 10.6 Å². The maximum atomic E-state index is 11.6. The molecular formula is C13H14N4O. The summed E-state index contributed by atoms with van der Waals surface area (Å²) in [5.41, 5.74) is 1.72. The summed E-state index contributed by atoms with van der Waals surface area (Å²) in [7, 11) is 0. The highest BCUT2D eigenvalue weighted by Crippen LogP contribution is 2.03. The van der Waals surface area contributed by atoms with E-state index in [2.05, 4.69) is 20.6 Å². The fraction of sp³-hybridized carbons (Fsp3) is 0.154. The highest BCUT2D eigenvalue weighted by Gasteiger charge is 2.01. The second-order valence-corrected chi connectivity index (χ2v) is 3.70. The van der Waals surface area contributed by atoms with Crippen molar-refractivity contribution >= 4 is 11.6 Å². The molecule has 0 saturated carbocycles. The van der Waals surface area contributed by atoms with Crippen molar-refractivity contribution in [3.05, 3.63) is 54.6 Å². The largest absolute Gasteiger partial charge is 0.376 e. The zero-order chi connectivity index (χ0) is 12.6. The molecule has 1 aromatic heterocycles. The molecule has 0 aliphatic rings. The van der Waals surface area contributed by atoms with Gasteiger partial charge in [-0.3, -0.25) is 4.79 Å². The predicted octanol–water partition coefficient (Wildman–Crippen LogP) is 1.20. The molecule has 92 valence electrons. The van der Waals surface area contributed by atoms with Gasteiger partial charge in [0.15, 0.2) is 0 Å². The number of benzene rings is 1. The van der Waals surface area contributed by atoms with Crippen LogP contribution in [0.4, 0.5) is 5.69 Å². The molecular weight excluding hydrogens is 228 g/mol. The number of nitrogens with one attached hydrogen (secondary N) is 2. The van der Waals surface area contributed by atoms with E-state index in [9.17, 15) is 4.79 Å². The Bertz CT molecular complexity index is 441. The van der Waals surface area contributed by atoms with Crippen molar-refractivity contribution in [2.75, 3.05) is 11.9 Å². The first kappa shape index (κ1) is 12.0. The summed E-state index contributed by atoms with van der Waals surface area (Å²) in [6, 6.07) is 11.4. The van der Waals surface area contributed by atoms with Gasteiger partial charge in [0.1, 0.15) is 6.33 Å². The molecule has 0 unspecified atom stereocenters. The normalized spacial score (nSPS) is 9.78. The molecule has 1 aromatic carbocycles. The molecule has 1 heterocycles. The lowest BCUT2D eigenvalue weighted by Crippen LogP contribution is -2.29. The number of anilines is 1. The van der Waals surface area contributed by atoms with E-state index < -0.39 is 0 Å². The van der Waals surface area contributed by atoms with E-state index in [-0.39, 0.29) is 12.5 Å². The number of carbonyl (C=O) groups excluding carboxylic acids is 1. The fourth-order valence-electron chi connectivity index (χ4n) is 1.41. The molecule has 0 fully saturated rings. The minimum Gasteiger partial charge on any atom is -0.376 e. The Hall–Kier alpha value is -2.43. The van der Waals surface area contributed by atoms with Gasteiger partial charge in [0, 0.05) is 11.9 Å².